The van der Waals surface area contributed by atoms with Crippen LogP contribution in [0.2, 0.25) is 0 Å². The number of rotatable bonds is 3. The zero-order valence-corrected chi connectivity index (χ0v) is 8.89. The van der Waals surface area contributed by atoms with Gasteiger partial charge in [0.1, 0.15) is 0 Å². The molecule has 47 valence electrons. The van der Waals surface area contributed by atoms with Crippen molar-refractivity contribution in [3.8, 4) is 0 Å². The third-order valence-electron chi connectivity index (χ3n) is 0.687. The van der Waals surface area contributed by atoms with E-state index in [1.165, 1.54) is 0 Å². The quantitative estimate of drug-likeness (QED) is 0.692. The fraction of sp³-hybridized carbons (Fsp3) is 1.00. The van der Waals surface area contributed by atoms with Crippen LogP contribution in [0.5, 0.6) is 0 Å². The first-order valence-electron chi connectivity index (χ1n) is 2.37. The molecule has 8 heavy (non-hydrogen) atoms. The minimum absolute atomic E-state index is 0. The Labute approximate surface area is 75.7 Å². The summed E-state index contributed by atoms with van der Waals surface area (Å²) < 4.78 is 10.3. The Morgan fingerprint density at radius 1 is 1.62 bits per heavy atom. The number of aliphatic hydroxyl groups is 1. The van der Waals surface area contributed by atoms with Crippen molar-refractivity contribution in [3.05, 3.63) is 0 Å². The van der Waals surface area contributed by atoms with Crippen molar-refractivity contribution in [1.82, 2.24) is 0 Å². The second kappa shape index (κ2) is 8.29. The molecule has 0 aromatic rings. The maximum absolute atomic E-state index is 10.3. The molecule has 1 unspecified atom stereocenters. The molecule has 0 heterocycles. The molecule has 1 radical (unpaired) electrons. The molecule has 0 fully saturated rings. The van der Waals surface area contributed by atoms with Gasteiger partial charge in [0.15, 0.2) is 0 Å². The smallest absolute Gasteiger partial charge is 0.0733 e. The van der Waals surface area contributed by atoms with E-state index >= 15 is 0 Å². The average molecular weight is 211 g/mol. The molecule has 0 bridgehead atoms. The Hall–Kier alpha value is 1.29. The monoisotopic (exact) mass is 211 g/mol. The Bertz CT molecular complexity index is 67.1. The van der Waals surface area contributed by atoms with Crippen LogP contribution in [-0.4, -0.2) is 24.5 Å². The van der Waals surface area contributed by atoms with Crippen molar-refractivity contribution >= 4 is 7.80 Å². The summed E-state index contributed by atoms with van der Waals surface area (Å²) in [5.74, 6) is 0. The van der Waals surface area contributed by atoms with Crippen LogP contribution < -0.4 is 0 Å². The van der Waals surface area contributed by atoms with Gasteiger partial charge in [-0.25, -0.2) is 0 Å². The van der Waals surface area contributed by atoms with Crippen LogP contribution in [0.3, 0.4) is 0 Å². The van der Waals surface area contributed by atoms with Gasteiger partial charge in [0.2, 0.25) is 0 Å². The van der Waals surface area contributed by atoms with Crippen LogP contribution >= 0.6 is 7.80 Å². The number of hydrogen-bond donors (Lipinski definition) is 1. The summed E-state index contributed by atoms with van der Waals surface area (Å²) in [6.07, 6.45) is 1.38. The van der Waals surface area contributed by atoms with Crippen molar-refractivity contribution < 1.29 is 42.4 Å². The van der Waals surface area contributed by atoms with Crippen LogP contribution in [0.15, 0.2) is 0 Å². The molecule has 1 N–H and O–H groups in total. The van der Waals surface area contributed by atoms with Gasteiger partial charge in [0.05, 0.1) is 7.80 Å². The Morgan fingerprint density at radius 3 is 2.25 bits per heavy atom. The molecule has 0 aliphatic carbocycles. The molecule has 1 atom stereocenters. The van der Waals surface area contributed by atoms with Gasteiger partial charge in [0.25, 0.3) is 0 Å². The number of hydrogen-bond acceptors (Lipinski definition) is 2. The van der Waals surface area contributed by atoms with Crippen molar-refractivity contribution in [2.24, 2.45) is 0 Å². The van der Waals surface area contributed by atoms with Crippen molar-refractivity contribution in [1.29, 1.82) is 0 Å². The summed E-state index contributed by atoms with van der Waals surface area (Å²) in [7, 11) is -1.31. The normalized spacial score (nSPS) is 12.2. The van der Waals surface area contributed by atoms with Gasteiger partial charge in [-0.05, 0) is 13.1 Å². The van der Waals surface area contributed by atoms with Crippen molar-refractivity contribution in [3.63, 3.8) is 0 Å². The van der Waals surface area contributed by atoms with Crippen molar-refractivity contribution in [2.45, 2.75) is 6.42 Å². The summed E-state index contributed by atoms with van der Waals surface area (Å²) in [5.41, 5.74) is 0. The molecule has 0 aliphatic heterocycles. The molecule has 0 amide bonds. The fourth-order valence-electron chi connectivity index (χ4n) is 0.328. The molecule has 0 aromatic heterocycles. The van der Waals surface area contributed by atoms with Crippen LogP contribution in [0.1, 0.15) is 6.42 Å². The van der Waals surface area contributed by atoms with E-state index in [2.05, 4.69) is 0 Å². The first-order chi connectivity index (χ1) is 3.27. The summed E-state index contributed by atoms with van der Waals surface area (Å²) in [6, 6.07) is 0. The molecule has 0 spiro atoms. The van der Waals surface area contributed by atoms with Gasteiger partial charge in [0, 0.05) is 45.5 Å². The van der Waals surface area contributed by atoms with E-state index in [1.54, 1.807) is 6.66 Å². The van der Waals surface area contributed by atoms with E-state index in [9.17, 15) is 4.57 Å². The van der Waals surface area contributed by atoms with Crippen LogP contribution in [-0.2, 0) is 37.3 Å². The van der Waals surface area contributed by atoms with Gasteiger partial charge < -0.3 is 9.67 Å². The van der Waals surface area contributed by atoms with E-state index in [4.69, 9.17) is 5.11 Å². The van der Waals surface area contributed by atoms with Gasteiger partial charge in [-0.1, -0.05) is 0 Å². The molecule has 4 heteroatoms. The van der Waals surface area contributed by atoms with Crippen molar-refractivity contribution in [2.75, 3.05) is 19.4 Å². The Balaban J connectivity index is 0. The predicted octanol–water partition coefficient (Wildman–Crippen LogP) is 0.556. The minimum Gasteiger partial charge on any atom is -0.396 e. The second-order valence-electron chi connectivity index (χ2n) is 1.53. The van der Waals surface area contributed by atoms with Gasteiger partial charge >= 0.3 is 0 Å². The molecule has 0 aromatic carbocycles. The largest absolute Gasteiger partial charge is 0.396 e. The fourth-order valence-corrected chi connectivity index (χ4v) is 0.984. The Kier molecular flexibility index (Phi) is 12.5. The standard InChI is InChI=1S/C4H11O2P.Y/c1-7(6)4-2-3-5;/h5,7H,2-4H2,1H3;. The van der Waals surface area contributed by atoms with E-state index in [0.717, 1.165) is 0 Å². The van der Waals surface area contributed by atoms with E-state index in [0.29, 0.717) is 12.6 Å². The van der Waals surface area contributed by atoms with Gasteiger partial charge in [-0.2, -0.15) is 0 Å². The molecule has 0 rings (SSSR count). The van der Waals surface area contributed by atoms with Gasteiger partial charge in [-0.15, -0.1) is 0 Å². The maximum Gasteiger partial charge on any atom is 0.0733 e. The first-order valence-corrected chi connectivity index (χ1v) is 4.49. The molecule has 0 saturated carbocycles. The van der Waals surface area contributed by atoms with E-state index < -0.39 is 7.80 Å². The van der Waals surface area contributed by atoms with Crippen LogP contribution in [0.4, 0.5) is 0 Å². The summed E-state index contributed by atoms with van der Waals surface area (Å²) in [4.78, 5) is 0. The maximum atomic E-state index is 10.3. The zero-order valence-electron chi connectivity index (χ0n) is 5.05. The van der Waals surface area contributed by atoms with E-state index in [-0.39, 0.29) is 39.3 Å². The molecule has 2 nitrogen and oxygen atoms in total. The second-order valence-corrected chi connectivity index (χ2v) is 3.43. The molecular formula is C4H11O2PY. The predicted molar refractivity (Wildman–Crippen MR) is 31.5 cm³/mol. The summed E-state index contributed by atoms with van der Waals surface area (Å²) in [6.45, 7) is 1.88. The third kappa shape index (κ3) is 10.3. The first kappa shape index (κ1) is 12.0. The summed E-state index contributed by atoms with van der Waals surface area (Å²) >= 11 is 0. The van der Waals surface area contributed by atoms with Gasteiger partial charge in [-0.3, -0.25) is 0 Å². The Morgan fingerprint density at radius 2 is 2.12 bits per heavy atom. The third-order valence-corrected chi connectivity index (χ3v) is 1.74. The molecule has 0 saturated heterocycles. The molecular weight excluding hydrogens is 200 g/mol. The topological polar surface area (TPSA) is 37.3 Å². The zero-order chi connectivity index (χ0) is 5.70. The van der Waals surface area contributed by atoms with Crippen LogP contribution in [0.25, 0.3) is 0 Å². The van der Waals surface area contributed by atoms with E-state index in [1.807, 2.05) is 0 Å². The SMILES string of the molecule is C[PH](=O)CCCO.[Y]. The minimum atomic E-state index is -1.31. The van der Waals surface area contributed by atoms with Crippen LogP contribution in [0, 0.1) is 0 Å². The molecule has 0 aliphatic rings. The average Bonchev–Trinajstić information content (AvgIpc) is 1.61. The number of aliphatic hydroxyl groups excluding tert-OH is 1. The summed E-state index contributed by atoms with van der Waals surface area (Å²) in [5, 5.41) is 8.19.